The summed E-state index contributed by atoms with van der Waals surface area (Å²) in [6, 6.07) is 5.85. The third-order valence-corrected chi connectivity index (χ3v) is 8.00. The highest BCUT2D eigenvalue weighted by Crippen LogP contribution is 2.53. The van der Waals surface area contributed by atoms with Gasteiger partial charge < -0.3 is 26.2 Å². The number of aromatic hydroxyl groups is 1. The molecule has 3 aliphatic rings. The summed E-state index contributed by atoms with van der Waals surface area (Å²) in [7, 11) is 3.19. The Kier molecular flexibility index (Phi) is 5.73. The maximum atomic E-state index is 13.8. The largest absolute Gasteiger partial charge is 0.510 e. The van der Waals surface area contributed by atoms with Crippen molar-refractivity contribution in [1.29, 1.82) is 0 Å². The Balaban J connectivity index is 1.73. The molecular formula is C28H29N3O7. The normalized spacial score (nSPS) is 26.8. The number of nitrogens with two attached hydrogens (primary N) is 1. The van der Waals surface area contributed by atoms with Crippen LogP contribution >= 0.6 is 0 Å². The number of nitrogens with zero attached hydrogens (tertiary/aromatic N) is 2. The summed E-state index contributed by atoms with van der Waals surface area (Å²) in [6.07, 6.45) is 0.258. The minimum absolute atomic E-state index is 0.0181. The molecule has 1 amide bonds. The van der Waals surface area contributed by atoms with Gasteiger partial charge in [0.15, 0.2) is 11.4 Å². The molecule has 0 saturated carbocycles. The highest BCUT2D eigenvalue weighted by molar-refractivity contribution is 6.24. The molecule has 0 radical (unpaired) electrons. The molecule has 0 bridgehead atoms. The van der Waals surface area contributed by atoms with Crippen molar-refractivity contribution >= 4 is 17.5 Å². The van der Waals surface area contributed by atoms with Crippen molar-refractivity contribution in [3.8, 4) is 16.9 Å². The smallest absolute Gasteiger partial charge is 0.255 e. The zero-order chi connectivity index (χ0) is 27.8. The second-order valence-corrected chi connectivity index (χ2v) is 10.6. The van der Waals surface area contributed by atoms with Crippen molar-refractivity contribution in [2.75, 3.05) is 14.1 Å². The van der Waals surface area contributed by atoms with Gasteiger partial charge in [-0.15, -0.1) is 0 Å². The summed E-state index contributed by atoms with van der Waals surface area (Å²) in [5, 5.41) is 44.7. The van der Waals surface area contributed by atoms with Gasteiger partial charge in [0.2, 0.25) is 5.78 Å². The van der Waals surface area contributed by atoms with E-state index in [0.29, 0.717) is 5.56 Å². The van der Waals surface area contributed by atoms with Gasteiger partial charge in [-0.1, -0.05) is 6.07 Å². The van der Waals surface area contributed by atoms with Crippen LogP contribution in [0.15, 0.2) is 46.9 Å². The van der Waals surface area contributed by atoms with Crippen molar-refractivity contribution in [3.63, 3.8) is 0 Å². The van der Waals surface area contributed by atoms with Gasteiger partial charge in [0.25, 0.3) is 5.91 Å². The molecule has 0 saturated heterocycles. The SMILES string of the molecule is Cc1cc(-c2ccc(O)c3c2CC2CC4C(N(C)C)C(O)=C(C(N)=O)C(=O)C4(O)C(O)=C2C3=O)cc(C)n1. The number of benzene rings is 1. The Labute approximate surface area is 218 Å². The van der Waals surface area contributed by atoms with E-state index < -0.39 is 58.0 Å². The van der Waals surface area contributed by atoms with Gasteiger partial charge in [0.05, 0.1) is 11.6 Å². The molecule has 3 aliphatic carbocycles. The molecule has 2 aromatic rings. The monoisotopic (exact) mass is 519 g/mol. The highest BCUT2D eigenvalue weighted by atomic mass is 16.3. The number of amides is 1. The summed E-state index contributed by atoms with van der Waals surface area (Å²) in [5.74, 6) is -6.69. The van der Waals surface area contributed by atoms with Crippen LogP contribution in [0.2, 0.25) is 0 Å². The van der Waals surface area contributed by atoms with Crippen LogP contribution in [-0.4, -0.2) is 73.5 Å². The zero-order valence-corrected chi connectivity index (χ0v) is 21.4. The summed E-state index contributed by atoms with van der Waals surface area (Å²) < 4.78 is 0. The van der Waals surface area contributed by atoms with Crippen LogP contribution in [-0.2, 0) is 16.0 Å². The van der Waals surface area contributed by atoms with Crippen molar-refractivity contribution < 1.29 is 34.8 Å². The van der Waals surface area contributed by atoms with Crippen LogP contribution in [0.5, 0.6) is 5.75 Å². The lowest BCUT2D eigenvalue weighted by atomic mass is 9.58. The van der Waals surface area contributed by atoms with Crippen molar-refractivity contribution in [3.05, 3.63) is 69.4 Å². The third kappa shape index (κ3) is 3.40. The fraction of sp³-hybridized carbons (Fsp3) is 0.357. The van der Waals surface area contributed by atoms with Gasteiger partial charge in [-0.3, -0.25) is 24.3 Å². The molecule has 6 N–H and O–H groups in total. The molecule has 5 rings (SSSR count). The molecule has 4 unspecified atom stereocenters. The fourth-order valence-corrected chi connectivity index (χ4v) is 6.51. The lowest BCUT2D eigenvalue weighted by Crippen LogP contribution is -2.63. The van der Waals surface area contributed by atoms with Crippen molar-refractivity contribution in [1.82, 2.24) is 9.88 Å². The van der Waals surface area contributed by atoms with Gasteiger partial charge in [-0.05, 0) is 81.6 Å². The number of primary amides is 1. The van der Waals surface area contributed by atoms with Gasteiger partial charge in [-0.25, -0.2) is 0 Å². The number of aliphatic hydroxyl groups is 3. The van der Waals surface area contributed by atoms with Gasteiger partial charge in [0.1, 0.15) is 22.8 Å². The molecule has 0 fully saturated rings. The molecule has 1 aromatic carbocycles. The number of pyridine rings is 1. The molecule has 38 heavy (non-hydrogen) atoms. The van der Waals surface area contributed by atoms with Gasteiger partial charge in [0, 0.05) is 22.9 Å². The van der Waals surface area contributed by atoms with Crippen LogP contribution in [0.1, 0.15) is 33.7 Å². The average Bonchev–Trinajstić information content (AvgIpc) is 2.80. The number of rotatable bonds is 3. The van der Waals surface area contributed by atoms with Crippen LogP contribution < -0.4 is 5.73 Å². The molecule has 0 aliphatic heterocycles. The quantitative estimate of drug-likeness (QED) is 0.379. The summed E-state index contributed by atoms with van der Waals surface area (Å²) >= 11 is 0. The number of ketones is 2. The van der Waals surface area contributed by atoms with Crippen LogP contribution in [0, 0.1) is 25.7 Å². The molecule has 198 valence electrons. The minimum Gasteiger partial charge on any atom is -0.510 e. The summed E-state index contributed by atoms with van der Waals surface area (Å²) in [4.78, 5) is 45.2. The molecule has 1 heterocycles. The fourth-order valence-electron chi connectivity index (χ4n) is 6.51. The minimum atomic E-state index is -2.66. The van der Waals surface area contributed by atoms with E-state index in [0.717, 1.165) is 22.5 Å². The molecule has 4 atom stereocenters. The first-order valence-electron chi connectivity index (χ1n) is 12.2. The Morgan fingerprint density at radius 2 is 1.74 bits per heavy atom. The number of fused-ring (bicyclic) bond motifs is 3. The first kappa shape index (κ1) is 25.6. The maximum absolute atomic E-state index is 13.8. The number of carbonyl (C=O) groups excluding carboxylic acids is 3. The van der Waals surface area contributed by atoms with E-state index in [1.807, 2.05) is 26.0 Å². The number of phenolic OH excluding ortho intramolecular Hbond substituents is 1. The second-order valence-electron chi connectivity index (χ2n) is 10.6. The van der Waals surface area contributed by atoms with Crippen molar-refractivity contribution in [2.24, 2.45) is 17.6 Å². The van der Waals surface area contributed by atoms with Crippen LogP contribution in [0.4, 0.5) is 0 Å². The number of hydrogen-bond donors (Lipinski definition) is 5. The van der Waals surface area contributed by atoms with E-state index in [1.54, 1.807) is 20.2 Å². The zero-order valence-electron chi connectivity index (χ0n) is 21.4. The van der Waals surface area contributed by atoms with E-state index >= 15 is 0 Å². The summed E-state index contributed by atoms with van der Waals surface area (Å²) in [6.45, 7) is 3.72. The molecule has 1 aromatic heterocycles. The Bertz CT molecular complexity index is 1490. The van der Waals surface area contributed by atoms with E-state index in [9.17, 15) is 34.8 Å². The van der Waals surface area contributed by atoms with E-state index in [-0.39, 0.29) is 29.7 Å². The lowest BCUT2D eigenvalue weighted by molar-refractivity contribution is -0.148. The van der Waals surface area contributed by atoms with Gasteiger partial charge in [-0.2, -0.15) is 0 Å². The van der Waals surface area contributed by atoms with E-state index in [2.05, 4.69) is 4.98 Å². The number of phenols is 1. The molecule has 10 heteroatoms. The Hall–Kier alpha value is -4.02. The number of carbonyl (C=O) groups is 3. The average molecular weight is 520 g/mol. The number of aromatic nitrogens is 1. The Morgan fingerprint density at radius 3 is 2.32 bits per heavy atom. The first-order chi connectivity index (χ1) is 17.8. The van der Waals surface area contributed by atoms with Gasteiger partial charge >= 0.3 is 0 Å². The lowest BCUT2D eigenvalue weighted by Gasteiger charge is -2.50. The maximum Gasteiger partial charge on any atom is 0.255 e. The topological polar surface area (TPSA) is 174 Å². The standard InChI is InChI=1S/C28H29N3O7/c1-11-7-13(8-12(2)30-11)15-5-6-18(32)20-16(15)9-14-10-17-22(31(3)4)24(34)21(27(29)37)26(36)28(17,38)25(35)19(14)23(20)33/h5-8,14,17,22,32,34-35,38H,9-10H2,1-4H3,(H2,29,37). The highest BCUT2D eigenvalue weighted by Gasteiger charge is 2.63. The predicted molar refractivity (Wildman–Crippen MR) is 136 cm³/mol. The van der Waals surface area contributed by atoms with Crippen LogP contribution in [0.3, 0.4) is 0 Å². The number of allylic oxidation sites excluding steroid dienone is 1. The molecular weight excluding hydrogens is 490 g/mol. The molecule has 10 nitrogen and oxygen atoms in total. The van der Waals surface area contributed by atoms with Crippen molar-refractivity contribution in [2.45, 2.75) is 38.3 Å². The second kappa shape index (κ2) is 8.50. The summed E-state index contributed by atoms with van der Waals surface area (Å²) in [5.41, 5.74) is 5.36. The molecule has 0 spiro atoms. The first-order valence-corrected chi connectivity index (χ1v) is 12.2. The predicted octanol–water partition coefficient (Wildman–Crippen LogP) is 1.80. The number of Topliss-reactive ketones (excluding diaryl/α,β-unsaturated/α-hetero) is 2. The number of aryl methyl sites for hydroxylation is 2. The number of likely N-dealkylation sites (N-methyl/N-ethyl adjacent to an activating group) is 1. The number of hydrogen-bond acceptors (Lipinski definition) is 9. The van der Waals surface area contributed by atoms with E-state index in [4.69, 9.17) is 5.73 Å². The van der Waals surface area contributed by atoms with E-state index in [1.165, 1.54) is 11.0 Å². The third-order valence-electron chi connectivity index (χ3n) is 8.00. The Morgan fingerprint density at radius 1 is 1.11 bits per heavy atom. The number of aliphatic hydroxyl groups excluding tert-OH is 2. The van der Waals surface area contributed by atoms with Crippen LogP contribution in [0.25, 0.3) is 11.1 Å².